The zero-order chi connectivity index (χ0) is 13.2. The molecule has 0 aromatic carbocycles. The Bertz CT molecular complexity index is 372. The zero-order valence-corrected chi connectivity index (χ0v) is 12.1. The van der Waals surface area contributed by atoms with Crippen LogP contribution in [-0.2, 0) is 14.6 Å². The molecule has 3 unspecified atom stereocenters. The van der Waals surface area contributed by atoms with Crippen LogP contribution in [0.1, 0.15) is 19.8 Å². The Morgan fingerprint density at radius 2 is 2.28 bits per heavy atom. The highest BCUT2D eigenvalue weighted by molar-refractivity contribution is 7.90. The van der Waals surface area contributed by atoms with Crippen molar-refractivity contribution in [2.24, 2.45) is 0 Å². The van der Waals surface area contributed by atoms with Gasteiger partial charge in [0.05, 0.1) is 18.5 Å². The highest BCUT2D eigenvalue weighted by Crippen LogP contribution is 2.22. The number of ether oxygens (including phenoxy) is 1. The fraction of sp³-hybridized carbons (Fsp3) is 1.00. The predicted octanol–water partition coefficient (Wildman–Crippen LogP) is -0.128. The maximum absolute atomic E-state index is 11.2. The number of nitrogens with one attached hydrogen (secondary N) is 1. The first-order chi connectivity index (χ1) is 8.44. The van der Waals surface area contributed by atoms with Gasteiger partial charge in [-0.3, -0.25) is 4.90 Å². The molecule has 0 aromatic rings. The highest BCUT2D eigenvalue weighted by Gasteiger charge is 2.32. The van der Waals surface area contributed by atoms with Crippen molar-refractivity contribution in [3.63, 3.8) is 0 Å². The van der Waals surface area contributed by atoms with Crippen molar-refractivity contribution >= 4 is 9.84 Å². The number of hydrogen-bond donors (Lipinski definition) is 1. The van der Waals surface area contributed by atoms with Gasteiger partial charge < -0.3 is 10.1 Å². The van der Waals surface area contributed by atoms with Crippen LogP contribution >= 0.6 is 0 Å². The molecule has 5 nitrogen and oxygen atoms in total. The van der Waals surface area contributed by atoms with Crippen LogP contribution in [0, 0.1) is 0 Å². The number of nitrogens with zero attached hydrogens (tertiary/aromatic N) is 1. The number of rotatable bonds is 5. The first-order valence-electron chi connectivity index (χ1n) is 6.71. The van der Waals surface area contributed by atoms with Crippen molar-refractivity contribution in [2.45, 2.75) is 38.0 Å². The molecule has 2 fully saturated rings. The van der Waals surface area contributed by atoms with E-state index in [0.717, 1.165) is 19.7 Å². The average Bonchev–Trinajstić information content (AvgIpc) is 2.71. The van der Waals surface area contributed by atoms with Crippen LogP contribution < -0.4 is 5.32 Å². The molecule has 0 aliphatic carbocycles. The van der Waals surface area contributed by atoms with E-state index in [9.17, 15) is 8.42 Å². The Hall–Kier alpha value is -0.170. The molecular formula is C12H24N2O3S. The molecule has 1 N–H and O–H groups in total. The first kappa shape index (κ1) is 14.2. The molecule has 0 bridgehead atoms. The maximum Gasteiger partial charge on any atom is 0.148 e. The molecule has 18 heavy (non-hydrogen) atoms. The summed E-state index contributed by atoms with van der Waals surface area (Å²) >= 11 is 0. The molecule has 3 atom stereocenters. The van der Waals surface area contributed by atoms with E-state index in [2.05, 4.69) is 10.2 Å². The lowest BCUT2D eigenvalue weighted by atomic mass is 10.2. The van der Waals surface area contributed by atoms with Crippen LogP contribution in [0.25, 0.3) is 0 Å². The van der Waals surface area contributed by atoms with Gasteiger partial charge in [0.1, 0.15) is 9.84 Å². The van der Waals surface area contributed by atoms with E-state index in [1.54, 1.807) is 0 Å². The van der Waals surface area contributed by atoms with E-state index in [0.29, 0.717) is 6.04 Å². The van der Waals surface area contributed by atoms with Crippen molar-refractivity contribution in [2.75, 3.05) is 38.2 Å². The summed E-state index contributed by atoms with van der Waals surface area (Å²) in [6.07, 6.45) is 4.00. The summed E-state index contributed by atoms with van der Waals surface area (Å²) in [4.78, 5) is 2.50. The van der Waals surface area contributed by atoms with E-state index < -0.39 is 9.84 Å². The van der Waals surface area contributed by atoms with Crippen molar-refractivity contribution in [1.29, 1.82) is 0 Å². The quantitative estimate of drug-likeness (QED) is 0.758. The number of morpholine rings is 1. The number of sulfone groups is 1. The van der Waals surface area contributed by atoms with Gasteiger partial charge >= 0.3 is 0 Å². The lowest BCUT2D eigenvalue weighted by Crippen LogP contribution is -2.50. The maximum atomic E-state index is 11.2. The average molecular weight is 276 g/mol. The molecule has 0 saturated carbocycles. The SMILES string of the molecule is CC(CS(C)(=O)=O)NCC1CN2CCCC2CO1. The molecular weight excluding hydrogens is 252 g/mol. The second-order valence-electron chi connectivity index (χ2n) is 5.65. The normalized spacial score (nSPS) is 31.2. The third-order valence-electron chi connectivity index (χ3n) is 3.71. The topological polar surface area (TPSA) is 58.6 Å². The van der Waals surface area contributed by atoms with Gasteiger partial charge in [-0.25, -0.2) is 8.42 Å². The summed E-state index contributed by atoms with van der Waals surface area (Å²) in [5.41, 5.74) is 0. The first-order valence-corrected chi connectivity index (χ1v) is 8.77. The third-order valence-corrected chi connectivity index (χ3v) is 4.81. The Kier molecular flexibility index (Phi) is 4.64. The molecule has 2 heterocycles. The molecule has 2 saturated heterocycles. The standard InChI is InChI=1S/C12H24N2O3S/c1-10(9-18(2,15)16)13-6-12-7-14-5-3-4-11(14)8-17-12/h10-13H,3-9H2,1-2H3. The largest absolute Gasteiger partial charge is 0.374 e. The summed E-state index contributed by atoms with van der Waals surface area (Å²) in [5, 5.41) is 3.26. The van der Waals surface area contributed by atoms with Gasteiger partial charge in [0, 0.05) is 31.4 Å². The van der Waals surface area contributed by atoms with E-state index in [1.807, 2.05) is 6.92 Å². The smallest absolute Gasteiger partial charge is 0.148 e. The summed E-state index contributed by atoms with van der Waals surface area (Å²) in [5.74, 6) is 0.187. The Labute approximate surface area is 110 Å². The molecule has 0 aromatic heterocycles. The van der Waals surface area contributed by atoms with Gasteiger partial charge in [0.2, 0.25) is 0 Å². The zero-order valence-electron chi connectivity index (χ0n) is 11.3. The molecule has 2 rings (SSSR count). The number of hydrogen-bond acceptors (Lipinski definition) is 5. The molecule has 2 aliphatic rings. The molecule has 106 valence electrons. The van der Waals surface area contributed by atoms with E-state index in [4.69, 9.17) is 4.74 Å². The van der Waals surface area contributed by atoms with E-state index >= 15 is 0 Å². The summed E-state index contributed by atoms with van der Waals surface area (Å²) < 4.78 is 28.1. The van der Waals surface area contributed by atoms with Crippen LogP contribution in [0.15, 0.2) is 0 Å². The lowest BCUT2D eigenvalue weighted by Gasteiger charge is -2.35. The molecule has 0 spiro atoms. The molecule has 0 amide bonds. The summed E-state index contributed by atoms with van der Waals surface area (Å²) in [6, 6.07) is 0.606. The van der Waals surface area contributed by atoms with E-state index in [1.165, 1.54) is 25.6 Å². The van der Waals surface area contributed by atoms with Crippen molar-refractivity contribution in [3.05, 3.63) is 0 Å². The van der Waals surface area contributed by atoms with Gasteiger partial charge in [-0.2, -0.15) is 0 Å². The monoisotopic (exact) mass is 276 g/mol. The second kappa shape index (κ2) is 5.86. The predicted molar refractivity (Wildman–Crippen MR) is 71.5 cm³/mol. The van der Waals surface area contributed by atoms with Crippen LogP contribution in [0.3, 0.4) is 0 Å². The van der Waals surface area contributed by atoms with Gasteiger partial charge in [0.25, 0.3) is 0 Å². The Morgan fingerprint density at radius 3 is 3.00 bits per heavy atom. The van der Waals surface area contributed by atoms with Crippen LogP contribution in [0.4, 0.5) is 0 Å². The second-order valence-corrected chi connectivity index (χ2v) is 7.83. The molecule has 0 radical (unpaired) electrons. The van der Waals surface area contributed by atoms with E-state index in [-0.39, 0.29) is 17.9 Å². The van der Waals surface area contributed by atoms with Crippen molar-refractivity contribution in [1.82, 2.24) is 10.2 Å². The summed E-state index contributed by atoms with van der Waals surface area (Å²) in [7, 11) is -2.90. The van der Waals surface area contributed by atoms with Crippen molar-refractivity contribution < 1.29 is 13.2 Å². The van der Waals surface area contributed by atoms with Crippen molar-refractivity contribution in [3.8, 4) is 0 Å². The Morgan fingerprint density at radius 1 is 1.50 bits per heavy atom. The minimum atomic E-state index is -2.90. The minimum Gasteiger partial charge on any atom is -0.374 e. The number of fused-ring (bicyclic) bond motifs is 1. The molecule has 2 aliphatic heterocycles. The fourth-order valence-corrected chi connectivity index (χ4v) is 3.88. The third kappa shape index (κ3) is 4.19. The van der Waals surface area contributed by atoms with Crippen LogP contribution in [0.5, 0.6) is 0 Å². The molecule has 6 heteroatoms. The van der Waals surface area contributed by atoms with Gasteiger partial charge in [-0.15, -0.1) is 0 Å². The summed E-state index contributed by atoms with van der Waals surface area (Å²) in [6.45, 7) is 5.63. The van der Waals surface area contributed by atoms with Gasteiger partial charge in [-0.1, -0.05) is 0 Å². The lowest BCUT2D eigenvalue weighted by molar-refractivity contribution is -0.0475. The highest BCUT2D eigenvalue weighted by atomic mass is 32.2. The van der Waals surface area contributed by atoms with Gasteiger partial charge in [0.15, 0.2) is 0 Å². The Balaban J connectivity index is 1.71. The van der Waals surface area contributed by atoms with Crippen LogP contribution in [0.2, 0.25) is 0 Å². The minimum absolute atomic E-state index is 0.0140. The van der Waals surface area contributed by atoms with Crippen LogP contribution in [-0.4, -0.2) is 69.8 Å². The van der Waals surface area contributed by atoms with Gasteiger partial charge in [-0.05, 0) is 26.3 Å². The fourth-order valence-electron chi connectivity index (χ4n) is 2.85.